The molecule has 0 amide bonds. The van der Waals surface area contributed by atoms with Gasteiger partial charge in [0.25, 0.3) is 0 Å². The molecule has 2 heterocycles. The van der Waals surface area contributed by atoms with Crippen LogP contribution in [0, 0.1) is 23.2 Å². The van der Waals surface area contributed by atoms with Crippen LogP contribution in [0.2, 0.25) is 10.0 Å². The smallest absolute Gasteiger partial charge is 0.132 e. The third-order valence-corrected chi connectivity index (χ3v) is 8.88. The largest absolute Gasteiger partial charge is 0.369 e. The zero-order chi connectivity index (χ0) is 21.0. The summed E-state index contributed by atoms with van der Waals surface area (Å²) < 4.78 is 0. The SMILES string of the molecule is Clc1ccc(CN2CCc3c(ncnc3NCC34CC5CC(CC(C5)C3)C4)C2)c(Cl)c1. The monoisotopic (exact) mass is 456 g/mol. The quantitative estimate of drug-likeness (QED) is 0.601. The fourth-order valence-corrected chi connectivity index (χ4v) is 7.83. The van der Waals surface area contributed by atoms with Crippen LogP contribution in [0.3, 0.4) is 0 Å². The lowest BCUT2D eigenvalue weighted by Gasteiger charge is -2.57. The molecule has 0 unspecified atom stereocenters. The first kappa shape index (κ1) is 20.3. The second-order valence-corrected chi connectivity index (χ2v) is 11.5. The van der Waals surface area contributed by atoms with Crippen molar-refractivity contribution in [1.82, 2.24) is 14.9 Å². The predicted molar refractivity (Wildman–Crippen MR) is 125 cm³/mol. The van der Waals surface area contributed by atoms with Gasteiger partial charge in [0.1, 0.15) is 12.1 Å². The van der Waals surface area contributed by atoms with Gasteiger partial charge in [-0.15, -0.1) is 0 Å². The summed E-state index contributed by atoms with van der Waals surface area (Å²) in [5, 5.41) is 5.22. The number of anilines is 1. The second-order valence-electron chi connectivity index (χ2n) is 10.6. The van der Waals surface area contributed by atoms with Crippen LogP contribution in [0.1, 0.15) is 55.3 Å². The van der Waals surface area contributed by atoms with Gasteiger partial charge in [-0.25, -0.2) is 9.97 Å². The van der Waals surface area contributed by atoms with Crippen molar-refractivity contribution in [3.05, 3.63) is 51.4 Å². The summed E-state index contributed by atoms with van der Waals surface area (Å²) in [6.45, 7) is 3.73. The van der Waals surface area contributed by atoms with E-state index < -0.39 is 0 Å². The van der Waals surface area contributed by atoms with Gasteiger partial charge in [-0.05, 0) is 85.8 Å². The van der Waals surface area contributed by atoms with Gasteiger partial charge in [0.15, 0.2) is 0 Å². The standard InChI is InChI=1S/C25H30Cl2N4/c26-20-2-1-19(22(27)8-20)12-31-4-3-21-23(13-31)29-15-30-24(21)28-14-25-9-16-5-17(10-25)7-18(6-16)11-25/h1-2,8,15-18H,3-7,9-14H2,(H,28,29,30). The third kappa shape index (κ3) is 3.96. The third-order valence-electron chi connectivity index (χ3n) is 8.29. The molecule has 4 fully saturated rings. The van der Waals surface area contributed by atoms with E-state index in [0.717, 1.165) is 72.5 Å². The van der Waals surface area contributed by atoms with Crippen LogP contribution >= 0.6 is 23.2 Å². The zero-order valence-electron chi connectivity index (χ0n) is 17.9. The molecule has 0 saturated heterocycles. The lowest BCUT2D eigenvalue weighted by Crippen LogP contribution is -2.49. The van der Waals surface area contributed by atoms with Crippen molar-refractivity contribution in [1.29, 1.82) is 0 Å². The molecule has 31 heavy (non-hydrogen) atoms. The fraction of sp³-hybridized carbons (Fsp3) is 0.600. The van der Waals surface area contributed by atoms with Gasteiger partial charge in [0.2, 0.25) is 0 Å². The molecule has 4 nitrogen and oxygen atoms in total. The van der Waals surface area contributed by atoms with E-state index in [2.05, 4.69) is 20.2 Å². The minimum absolute atomic E-state index is 0.513. The Labute approximate surface area is 194 Å². The molecule has 0 atom stereocenters. The van der Waals surface area contributed by atoms with Crippen LogP contribution in [-0.2, 0) is 19.5 Å². The second kappa shape index (κ2) is 7.90. The lowest BCUT2D eigenvalue weighted by atomic mass is 9.49. The maximum Gasteiger partial charge on any atom is 0.132 e. The Kier molecular flexibility index (Phi) is 5.16. The summed E-state index contributed by atoms with van der Waals surface area (Å²) in [6.07, 6.45) is 11.5. The van der Waals surface area contributed by atoms with E-state index in [9.17, 15) is 0 Å². The van der Waals surface area contributed by atoms with Gasteiger partial charge < -0.3 is 5.32 Å². The van der Waals surface area contributed by atoms with Crippen LogP contribution in [0.5, 0.6) is 0 Å². The lowest BCUT2D eigenvalue weighted by molar-refractivity contribution is -0.0444. The summed E-state index contributed by atoms with van der Waals surface area (Å²) in [6, 6.07) is 5.76. The van der Waals surface area contributed by atoms with Crippen LogP contribution in [0.25, 0.3) is 0 Å². The summed E-state index contributed by atoms with van der Waals surface area (Å²) in [5.74, 6) is 4.03. The molecular weight excluding hydrogens is 427 g/mol. The fourth-order valence-electron chi connectivity index (χ4n) is 7.36. The molecule has 0 spiro atoms. The molecule has 2 aromatic rings. The van der Waals surface area contributed by atoms with Gasteiger partial charge >= 0.3 is 0 Å². The van der Waals surface area contributed by atoms with E-state index in [1.54, 1.807) is 6.33 Å². The van der Waals surface area contributed by atoms with Crippen molar-refractivity contribution < 1.29 is 0 Å². The van der Waals surface area contributed by atoms with Crippen molar-refractivity contribution in [2.75, 3.05) is 18.4 Å². The average Bonchev–Trinajstić information content (AvgIpc) is 2.73. The summed E-state index contributed by atoms with van der Waals surface area (Å²) >= 11 is 12.4. The predicted octanol–water partition coefficient (Wildman–Crippen LogP) is 5.97. The minimum Gasteiger partial charge on any atom is -0.369 e. The first-order valence-electron chi connectivity index (χ1n) is 11.8. The van der Waals surface area contributed by atoms with Crippen LogP contribution < -0.4 is 5.32 Å². The zero-order valence-corrected chi connectivity index (χ0v) is 19.4. The Morgan fingerprint density at radius 2 is 1.77 bits per heavy atom. The number of halogens is 2. The van der Waals surface area contributed by atoms with Crippen LogP contribution in [0.15, 0.2) is 24.5 Å². The maximum absolute atomic E-state index is 6.40. The van der Waals surface area contributed by atoms with Crippen molar-refractivity contribution in [3.63, 3.8) is 0 Å². The first-order valence-corrected chi connectivity index (χ1v) is 12.5. The molecule has 0 radical (unpaired) electrons. The normalized spacial score (nSPS) is 31.6. The molecular formula is C25H30Cl2N4. The van der Waals surface area contributed by atoms with Gasteiger partial charge in [-0.2, -0.15) is 0 Å². The van der Waals surface area contributed by atoms with Crippen molar-refractivity contribution >= 4 is 29.0 Å². The van der Waals surface area contributed by atoms with Crippen molar-refractivity contribution in [2.24, 2.45) is 23.2 Å². The number of benzene rings is 1. The van der Waals surface area contributed by atoms with E-state index in [-0.39, 0.29) is 0 Å². The molecule has 1 aromatic heterocycles. The average molecular weight is 457 g/mol. The first-order chi connectivity index (χ1) is 15.1. The Bertz CT molecular complexity index is 956. The summed E-state index contributed by atoms with van der Waals surface area (Å²) in [4.78, 5) is 11.7. The van der Waals surface area contributed by atoms with E-state index >= 15 is 0 Å². The maximum atomic E-state index is 6.40. The molecule has 6 heteroatoms. The van der Waals surface area contributed by atoms with Gasteiger partial charge in [-0.1, -0.05) is 29.3 Å². The number of hydrogen-bond donors (Lipinski definition) is 1. The van der Waals surface area contributed by atoms with Crippen LogP contribution in [0.4, 0.5) is 5.82 Å². The number of fused-ring (bicyclic) bond motifs is 1. The number of nitrogens with one attached hydrogen (secondary N) is 1. The molecule has 4 bridgehead atoms. The Balaban J connectivity index is 1.14. The summed E-state index contributed by atoms with van der Waals surface area (Å²) in [7, 11) is 0. The number of rotatable bonds is 5. The number of aromatic nitrogens is 2. The highest BCUT2D eigenvalue weighted by Gasteiger charge is 2.50. The molecule has 1 aliphatic heterocycles. The van der Waals surface area contributed by atoms with Crippen molar-refractivity contribution in [3.8, 4) is 0 Å². The van der Waals surface area contributed by atoms with E-state index in [4.69, 9.17) is 23.2 Å². The molecule has 1 N–H and O–H groups in total. The Morgan fingerprint density at radius 3 is 2.48 bits per heavy atom. The van der Waals surface area contributed by atoms with E-state index in [0.29, 0.717) is 10.4 Å². The Morgan fingerprint density at radius 1 is 1.03 bits per heavy atom. The van der Waals surface area contributed by atoms with Crippen molar-refractivity contribution in [2.45, 2.75) is 58.0 Å². The number of hydrogen-bond acceptors (Lipinski definition) is 4. The molecule has 7 rings (SSSR count). The topological polar surface area (TPSA) is 41.1 Å². The van der Waals surface area contributed by atoms with Gasteiger partial charge in [0.05, 0.1) is 5.69 Å². The minimum atomic E-state index is 0.513. The highest BCUT2D eigenvalue weighted by molar-refractivity contribution is 6.35. The molecule has 1 aromatic carbocycles. The highest BCUT2D eigenvalue weighted by atomic mass is 35.5. The highest BCUT2D eigenvalue weighted by Crippen LogP contribution is 2.59. The molecule has 4 saturated carbocycles. The van der Waals surface area contributed by atoms with Crippen LogP contribution in [-0.4, -0.2) is 28.0 Å². The molecule has 164 valence electrons. The molecule has 4 aliphatic carbocycles. The van der Waals surface area contributed by atoms with Gasteiger partial charge in [-0.3, -0.25) is 4.90 Å². The summed E-state index contributed by atoms with van der Waals surface area (Å²) in [5.41, 5.74) is 4.09. The van der Waals surface area contributed by atoms with E-state index in [1.807, 2.05) is 18.2 Å². The Hall–Kier alpha value is -1.36. The van der Waals surface area contributed by atoms with Gasteiger partial charge in [0, 0.05) is 41.8 Å². The number of nitrogens with zero attached hydrogens (tertiary/aromatic N) is 3. The van der Waals surface area contributed by atoms with E-state index in [1.165, 1.54) is 44.1 Å². The molecule has 5 aliphatic rings.